The molecule has 0 radical (unpaired) electrons. The fraction of sp³-hybridized carbons (Fsp3) is 0.533. The molecule has 1 aliphatic rings. The molecule has 0 saturated carbocycles. The van der Waals surface area contributed by atoms with Crippen molar-refractivity contribution in [2.24, 2.45) is 10.9 Å². The van der Waals surface area contributed by atoms with Gasteiger partial charge in [-0.3, -0.25) is 4.90 Å². The van der Waals surface area contributed by atoms with Crippen LogP contribution in [-0.4, -0.2) is 48.2 Å². The van der Waals surface area contributed by atoms with Crippen LogP contribution in [0.1, 0.15) is 25.8 Å². The summed E-state index contributed by atoms with van der Waals surface area (Å²) in [6.07, 6.45) is 1.12. The van der Waals surface area contributed by atoms with Gasteiger partial charge in [0.15, 0.2) is 5.84 Å². The van der Waals surface area contributed by atoms with Gasteiger partial charge in [-0.25, -0.2) is 4.39 Å². The summed E-state index contributed by atoms with van der Waals surface area (Å²) in [5, 5.41) is 11.8. The fourth-order valence-corrected chi connectivity index (χ4v) is 2.74. The first-order valence-electron chi connectivity index (χ1n) is 7.33. The number of benzene rings is 1. The first-order chi connectivity index (χ1) is 10.1. The van der Waals surface area contributed by atoms with E-state index in [0.717, 1.165) is 32.6 Å². The Kier molecular flexibility index (Phi) is 5.01. The lowest BCUT2D eigenvalue weighted by molar-refractivity contribution is 0.193. The number of hydrogen-bond donors (Lipinski definition) is 2. The molecule has 1 aliphatic heterocycles. The monoisotopic (exact) mass is 294 g/mol. The van der Waals surface area contributed by atoms with Crippen molar-refractivity contribution < 1.29 is 9.60 Å². The molecule has 3 N–H and O–H groups in total. The van der Waals surface area contributed by atoms with Crippen LogP contribution in [0.4, 0.5) is 10.1 Å². The van der Waals surface area contributed by atoms with E-state index in [1.54, 1.807) is 6.07 Å². The molecule has 1 unspecified atom stereocenters. The first-order valence-corrected chi connectivity index (χ1v) is 7.33. The maximum absolute atomic E-state index is 14.0. The van der Waals surface area contributed by atoms with Gasteiger partial charge in [0.05, 0.1) is 11.3 Å². The average Bonchev–Trinajstić information content (AvgIpc) is 2.53. The Morgan fingerprint density at radius 3 is 2.62 bits per heavy atom. The lowest BCUT2D eigenvalue weighted by atomic mass is 10.1. The van der Waals surface area contributed by atoms with Crippen LogP contribution in [-0.2, 0) is 0 Å². The van der Waals surface area contributed by atoms with Crippen molar-refractivity contribution in [3.63, 3.8) is 0 Å². The number of nitrogens with zero attached hydrogens (tertiary/aromatic N) is 3. The Balaban J connectivity index is 2.19. The zero-order valence-corrected chi connectivity index (χ0v) is 12.6. The molecule has 1 aromatic carbocycles. The van der Waals surface area contributed by atoms with Gasteiger partial charge < -0.3 is 15.8 Å². The minimum Gasteiger partial charge on any atom is -0.409 e. The lowest BCUT2D eigenvalue weighted by Crippen LogP contribution is -2.50. The van der Waals surface area contributed by atoms with Crippen molar-refractivity contribution in [1.29, 1.82) is 0 Å². The molecule has 1 saturated heterocycles. The number of amidine groups is 1. The first kappa shape index (κ1) is 15.6. The van der Waals surface area contributed by atoms with Gasteiger partial charge in [0, 0.05) is 32.2 Å². The third-order valence-corrected chi connectivity index (χ3v) is 4.22. The van der Waals surface area contributed by atoms with Gasteiger partial charge in [0.2, 0.25) is 0 Å². The van der Waals surface area contributed by atoms with E-state index in [0.29, 0.717) is 11.7 Å². The molecule has 0 bridgehead atoms. The molecule has 116 valence electrons. The van der Waals surface area contributed by atoms with Gasteiger partial charge in [-0.15, -0.1) is 0 Å². The predicted molar refractivity (Wildman–Crippen MR) is 82.4 cm³/mol. The van der Waals surface area contributed by atoms with Gasteiger partial charge in [-0.2, -0.15) is 0 Å². The highest BCUT2D eigenvalue weighted by Crippen LogP contribution is 2.25. The summed E-state index contributed by atoms with van der Waals surface area (Å²) in [6, 6.07) is 5.35. The van der Waals surface area contributed by atoms with Crippen LogP contribution < -0.4 is 10.6 Å². The molecule has 5 nitrogen and oxygen atoms in total. The van der Waals surface area contributed by atoms with E-state index in [4.69, 9.17) is 10.9 Å². The van der Waals surface area contributed by atoms with Crippen LogP contribution in [0.15, 0.2) is 23.4 Å². The second-order valence-electron chi connectivity index (χ2n) is 5.40. The van der Waals surface area contributed by atoms with Gasteiger partial charge in [-0.05, 0) is 25.5 Å². The zero-order valence-electron chi connectivity index (χ0n) is 12.6. The SMILES string of the molecule is CCC(C)N1CCN(c2cccc(F)c2C(N)=NO)CC1. The number of halogens is 1. The zero-order chi connectivity index (χ0) is 15.4. The van der Waals surface area contributed by atoms with Crippen molar-refractivity contribution in [1.82, 2.24) is 4.90 Å². The maximum atomic E-state index is 14.0. The highest BCUT2D eigenvalue weighted by Gasteiger charge is 2.24. The van der Waals surface area contributed by atoms with Crippen molar-refractivity contribution in [3.05, 3.63) is 29.6 Å². The minimum atomic E-state index is -0.466. The van der Waals surface area contributed by atoms with E-state index in [2.05, 4.69) is 28.8 Å². The van der Waals surface area contributed by atoms with Crippen LogP contribution in [0.3, 0.4) is 0 Å². The second kappa shape index (κ2) is 6.76. The van der Waals surface area contributed by atoms with E-state index in [1.165, 1.54) is 6.07 Å². The van der Waals surface area contributed by atoms with Crippen molar-refractivity contribution in [2.75, 3.05) is 31.1 Å². The number of piperazine rings is 1. The summed E-state index contributed by atoms with van der Waals surface area (Å²) in [5.74, 6) is -0.653. The van der Waals surface area contributed by atoms with Gasteiger partial charge in [-0.1, -0.05) is 18.1 Å². The third-order valence-electron chi connectivity index (χ3n) is 4.22. The van der Waals surface area contributed by atoms with Gasteiger partial charge in [0.25, 0.3) is 0 Å². The minimum absolute atomic E-state index is 0.178. The summed E-state index contributed by atoms with van der Waals surface area (Å²) in [6.45, 7) is 7.88. The van der Waals surface area contributed by atoms with Crippen molar-refractivity contribution >= 4 is 11.5 Å². The molecule has 1 fully saturated rings. The quantitative estimate of drug-likeness (QED) is 0.385. The standard InChI is InChI=1S/C15H23FN4O/c1-3-11(2)19-7-9-20(10-8-19)13-6-4-5-12(16)14(13)15(17)18-21/h4-6,11,21H,3,7-10H2,1-2H3,(H2,17,18). The largest absolute Gasteiger partial charge is 0.409 e. The van der Waals surface area contributed by atoms with E-state index < -0.39 is 5.82 Å². The molecule has 0 amide bonds. The third kappa shape index (κ3) is 3.26. The smallest absolute Gasteiger partial charge is 0.175 e. The number of nitrogens with two attached hydrogens (primary N) is 1. The van der Waals surface area contributed by atoms with E-state index >= 15 is 0 Å². The normalized spacial score (nSPS) is 18.8. The molecule has 0 aromatic heterocycles. The Labute approximate surface area is 124 Å². The summed E-state index contributed by atoms with van der Waals surface area (Å²) in [7, 11) is 0. The highest BCUT2D eigenvalue weighted by atomic mass is 19.1. The molecular weight excluding hydrogens is 271 g/mol. The van der Waals surface area contributed by atoms with Crippen LogP contribution in [0.25, 0.3) is 0 Å². The Bertz CT molecular complexity index is 512. The Morgan fingerprint density at radius 2 is 2.05 bits per heavy atom. The van der Waals surface area contributed by atoms with Gasteiger partial charge >= 0.3 is 0 Å². The molecule has 2 rings (SSSR count). The van der Waals surface area contributed by atoms with Crippen LogP contribution in [0, 0.1) is 5.82 Å². The summed E-state index contributed by atoms with van der Waals surface area (Å²) >= 11 is 0. The molecule has 1 heterocycles. The molecule has 21 heavy (non-hydrogen) atoms. The fourth-order valence-electron chi connectivity index (χ4n) is 2.74. The van der Waals surface area contributed by atoms with Crippen LogP contribution >= 0.6 is 0 Å². The number of hydrogen-bond acceptors (Lipinski definition) is 4. The second-order valence-corrected chi connectivity index (χ2v) is 5.40. The van der Waals surface area contributed by atoms with E-state index in [9.17, 15) is 4.39 Å². The van der Waals surface area contributed by atoms with Crippen LogP contribution in [0.5, 0.6) is 0 Å². The summed E-state index contributed by atoms with van der Waals surface area (Å²) in [5.41, 5.74) is 6.49. The molecule has 0 spiro atoms. The van der Waals surface area contributed by atoms with E-state index in [1.807, 2.05) is 6.07 Å². The lowest BCUT2D eigenvalue weighted by Gasteiger charge is -2.39. The summed E-state index contributed by atoms with van der Waals surface area (Å²) < 4.78 is 14.0. The molecule has 1 aromatic rings. The van der Waals surface area contributed by atoms with E-state index in [-0.39, 0.29) is 11.4 Å². The Morgan fingerprint density at radius 1 is 1.38 bits per heavy atom. The average molecular weight is 294 g/mol. The summed E-state index contributed by atoms with van der Waals surface area (Å²) in [4.78, 5) is 4.52. The van der Waals surface area contributed by atoms with Gasteiger partial charge in [0.1, 0.15) is 5.82 Å². The van der Waals surface area contributed by atoms with Crippen molar-refractivity contribution in [3.8, 4) is 0 Å². The molecule has 6 heteroatoms. The number of oxime groups is 1. The maximum Gasteiger partial charge on any atom is 0.175 e. The molecular formula is C15H23FN4O. The molecule has 0 aliphatic carbocycles. The van der Waals surface area contributed by atoms with Crippen molar-refractivity contribution in [2.45, 2.75) is 26.3 Å². The molecule has 1 atom stereocenters. The topological polar surface area (TPSA) is 65.1 Å². The number of rotatable bonds is 4. The predicted octanol–water partition coefficient (Wildman–Crippen LogP) is 1.84. The number of anilines is 1. The highest BCUT2D eigenvalue weighted by molar-refractivity contribution is 6.02. The van der Waals surface area contributed by atoms with Crippen LogP contribution in [0.2, 0.25) is 0 Å². The Hall–Kier alpha value is -1.82.